The van der Waals surface area contributed by atoms with Crippen LogP contribution in [0.2, 0.25) is 15.1 Å². The molecule has 4 nitrogen and oxygen atoms in total. The van der Waals surface area contributed by atoms with Crippen LogP contribution in [0.25, 0.3) is 0 Å². The fourth-order valence-electron chi connectivity index (χ4n) is 2.54. The maximum Gasteiger partial charge on any atom is 0.244 e. The van der Waals surface area contributed by atoms with Gasteiger partial charge in [0.1, 0.15) is 12.4 Å². The van der Waals surface area contributed by atoms with Crippen LogP contribution in [-0.2, 0) is 17.8 Å². The third-order valence-corrected chi connectivity index (χ3v) is 4.65. The van der Waals surface area contributed by atoms with Crippen molar-refractivity contribution in [1.29, 1.82) is 0 Å². The molecule has 0 aliphatic heterocycles. The Bertz CT molecular complexity index is 1020. The summed E-state index contributed by atoms with van der Waals surface area (Å²) in [6, 6.07) is 19.7. The average Bonchev–Trinajstić information content (AvgIpc) is 2.69. The molecule has 0 bridgehead atoms. The third kappa shape index (κ3) is 6.79. The van der Waals surface area contributed by atoms with E-state index < -0.39 is 0 Å². The molecule has 3 rings (SSSR count). The Morgan fingerprint density at radius 3 is 2.38 bits per heavy atom. The number of carbonyl (C=O) groups is 1. The van der Waals surface area contributed by atoms with Gasteiger partial charge >= 0.3 is 0 Å². The van der Waals surface area contributed by atoms with Gasteiger partial charge in [0, 0.05) is 20.6 Å². The maximum atomic E-state index is 12.1. The zero-order valence-corrected chi connectivity index (χ0v) is 17.5. The van der Waals surface area contributed by atoms with E-state index in [9.17, 15) is 4.79 Å². The van der Waals surface area contributed by atoms with Gasteiger partial charge in [-0.1, -0.05) is 59.1 Å². The molecule has 0 aliphatic rings. The van der Waals surface area contributed by atoms with Crippen molar-refractivity contribution in [3.63, 3.8) is 0 Å². The predicted molar refractivity (Wildman–Crippen MR) is 118 cm³/mol. The normalized spacial score (nSPS) is 10.9. The molecule has 148 valence electrons. The minimum absolute atomic E-state index is 0.197. The second-order valence-corrected chi connectivity index (χ2v) is 7.51. The van der Waals surface area contributed by atoms with Crippen molar-refractivity contribution in [1.82, 2.24) is 5.43 Å². The lowest BCUT2D eigenvalue weighted by Gasteiger charge is -2.10. The molecule has 3 aromatic carbocycles. The fraction of sp³-hybridized carbons (Fsp3) is 0.0909. The number of rotatable bonds is 7. The van der Waals surface area contributed by atoms with Crippen LogP contribution in [0.1, 0.15) is 16.7 Å². The maximum absolute atomic E-state index is 12.1. The van der Waals surface area contributed by atoms with Crippen LogP contribution in [0.3, 0.4) is 0 Å². The summed E-state index contributed by atoms with van der Waals surface area (Å²) in [5.74, 6) is 0.345. The van der Waals surface area contributed by atoms with E-state index >= 15 is 0 Å². The monoisotopic (exact) mass is 446 g/mol. The molecule has 7 heteroatoms. The fourth-order valence-corrected chi connectivity index (χ4v) is 3.06. The van der Waals surface area contributed by atoms with Crippen LogP contribution in [0.5, 0.6) is 5.75 Å². The molecular weight excluding hydrogens is 431 g/mol. The number of carbonyl (C=O) groups excluding carboxylic acids is 1. The number of hydrogen-bond acceptors (Lipinski definition) is 3. The van der Waals surface area contributed by atoms with E-state index in [1.807, 2.05) is 18.2 Å². The molecule has 0 saturated heterocycles. The molecule has 0 saturated carbocycles. The summed E-state index contributed by atoms with van der Waals surface area (Å²) >= 11 is 17.9. The SMILES string of the molecule is O=C(Cc1ccc(Cl)cc1)N/N=C\c1cc(Cl)ccc1OCc1cccc(Cl)c1. The highest BCUT2D eigenvalue weighted by molar-refractivity contribution is 6.31. The third-order valence-electron chi connectivity index (χ3n) is 3.93. The van der Waals surface area contributed by atoms with Gasteiger partial charge in [0.15, 0.2) is 0 Å². The molecule has 0 spiro atoms. The number of nitrogens with zero attached hydrogens (tertiary/aromatic N) is 1. The number of benzene rings is 3. The van der Waals surface area contributed by atoms with Gasteiger partial charge < -0.3 is 4.74 Å². The first kappa shape index (κ1) is 21.2. The van der Waals surface area contributed by atoms with E-state index in [4.69, 9.17) is 39.5 Å². The van der Waals surface area contributed by atoms with Gasteiger partial charge in [-0.3, -0.25) is 4.79 Å². The van der Waals surface area contributed by atoms with Crippen LogP contribution in [0, 0.1) is 0 Å². The Kier molecular flexibility index (Phi) is 7.53. The molecule has 0 aromatic heterocycles. The van der Waals surface area contributed by atoms with Crippen molar-refractivity contribution in [2.45, 2.75) is 13.0 Å². The Morgan fingerprint density at radius 2 is 1.62 bits per heavy atom. The minimum Gasteiger partial charge on any atom is -0.488 e. The highest BCUT2D eigenvalue weighted by atomic mass is 35.5. The lowest BCUT2D eigenvalue weighted by atomic mass is 10.1. The first-order valence-corrected chi connectivity index (χ1v) is 9.86. The highest BCUT2D eigenvalue weighted by Gasteiger charge is 2.06. The summed E-state index contributed by atoms with van der Waals surface area (Å²) in [6.07, 6.45) is 1.70. The van der Waals surface area contributed by atoms with E-state index in [2.05, 4.69) is 10.5 Å². The van der Waals surface area contributed by atoms with Crippen molar-refractivity contribution in [3.05, 3.63) is 98.5 Å². The average molecular weight is 448 g/mol. The number of nitrogens with one attached hydrogen (secondary N) is 1. The quantitative estimate of drug-likeness (QED) is 0.361. The van der Waals surface area contributed by atoms with Crippen molar-refractivity contribution < 1.29 is 9.53 Å². The van der Waals surface area contributed by atoms with Gasteiger partial charge in [0.2, 0.25) is 5.91 Å². The Morgan fingerprint density at radius 1 is 0.897 bits per heavy atom. The van der Waals surface area contributed by atoms with Crippen molar-refractivity contribution in [2.75, 3.05) is 0 Å². The Hall–Kier alpha value is -2.53. The lowest BCUT2D eigenvalue weighted by molar-refractivity contribution is -0.120. The molecule has 0 atom stereocenters. The van der Waals surface area contributed by atoms with E-state index in [1.165, 1.54) is 6.21 Å². The van der Waals surface area contributed by atoms with Crippen molar-refractivity contribution in [2.24, 2.45) is 5.10 Å². The number of halogens is 3. The van der Waals surface area contributed by atoms with Gasteiger partial charge in [-0.05, 0) is 53.6 Å². The van der Waals surface area contributed by atoms with E-state index in [0.717, 1.165) is 11.1 Å². The molecular formula is C22H17Cl3N2O2. The second kappa shape index (κ2) is 10.3. The summed E-state index contributed by atoms with van der Waals surface area (Å²) in [7, 11) is 0. The first-order chi connectivity index (χ1) is 14.0. The summed E-state index contributed by atoms with van der Waals surface area (Å²) in [5.41, 5.74) is 4.93. The van der Waals surface area contributed by atoms with Crippen LogP contribution < -0.4 is 10.2 Å². The summed E-state index contributed by atoms with van der Waals surface area (Å²) < 4.78 is 5.86. The van der Waals surface area contributed by atoms with Crippen LogP contribution in [0.15, 0.2) is 71.8 Å². The minimum atomic E-state index is -0.244. The summed E-state index contributed by atoms with van der Waals surface area (Å²) in [6.45, 7) is 0.339. The molecule has 0 unspecified atom stereocenters. The van der Waals surface area contributed by atoms with Crippen LogP contribution in [-0.4, -0.2) is 12.1 Å². The molecule has 0 fully saturated rings. The van der Waals surface area contributed by atoms with Crippen LogP contribution in [0.4, 0.5) is 0 Å². The van der Waals surface area contributed by atoms with E-state index in [-0.39, 0.29) is 12.3 Å². The van der Waals surface area contributed by atoms with Crippen molar-refractivity contribution >= 4 is 46.9 Å². The number of hydrogen-bond donors (Lipinski definition) is 1. The zero-order valence-electron chi connectivity index (χ0n) is 15.2. The van der Waals surface area contributed by atoms with Gasteiger partial charge in [-0.2, -0.15) is 5.10 Å². The zero-order chi connectivity index (χ0) is 20.6. The molecule has 0 heterocycles. The Labute approximate surface area is 184 Å². The standard InChI is InChI=1S/C22H17Cl3N2O2/c23-18-6-4-15(5-7-18)11-22(28)27-26-13-17-12-20(25)8-9-21(17)29-14-16-2-1-3-19(24)10-16/h1-10,12-13H,11,14H2,(H,27,28)/b26-13-. The van der Waals surface area contributed by atoms with Gasteiger partial charge in [0.05, 0.1) is 12.6 Å². The summed E-state index contributed by atoms with van der Waals surface area (Å²) in [4.78, 5) is 12.1. The number of hydrazone groups is 1. The Balaban J connectivity index is 1.62. The topological polar surface area (TPSA) is 50.7 Å². The smallest absolute Gasteiger partial charge is 0.244 e. The van der Waals surface area contributed by atoms with E-state index in [1.54, 1.807) is 48.5 Å². The first-order valence-electron chi connectivity index (χ1n) is 8.73. The molecule has 3 aromatic rings. The second-order valence-electron chi connectivity index (χ2n) is 6.20. The number of ether oxygens (including phenoxy) is 1. The largest absolute Gasteiger partial charge is 0.488 e. The molecule has 29 heavy (non-hydrogen) atoms. The van der Waals surface area contributed by atoms with Gasteiger partial charge in [-0.15, -0.1) is 0 Å². The molecule has 0 radical (unpaired) electrons. The lowest BCUT2D eigenvalue weighted by Crippen LogP contribution is -2.19. The molecule has 0 aliphatic carbocycles. The van der Waals surface area contributed by atoms with E-state index in [0.29, 0.717) is 33.0 Å². The molecule has 1 N–H and O–H groups in total. The predicted octanol–water partition coefficient (Wildman–Crippen LogP) is 5.92. The van der Waals surface area contributed by atoms with Gasteiger partial charge in [0.25, 0.3) is 0 Å². The molecule has 1 amide bonds. The summed E-state index contributed by atoms with van der Waals surface area (Å²) in [5, 5.41) is 5.82. The highest BCUT2D eigenvalue weighted by Crippen LogP contribution is 2.23. The number of amides is 1. The van der Waals surface area contributed by atoms with Crippen LogP contribution >= 0.6 is 34.8 Å². The van der Waals surface area contributed by atoms with Crippen molar-refractivity contribution in [3.8, 4) is 5.75 Å². The van der Waals surface area contributed by atoms with Gasteiger partial charge in [-0.25, -0.2) is 5.43 Å².